The molecule has 22 heavy (non-hydrogen) atoms. The van der Waals surface area contributed by atoms with Gasteiger partial charge in [-0.2, -0.15) is 0 Å². The molecular weight excluding hydrogens is 280 g/mol. The molecule has 1 heterocycles. The Balaban J connectivity index is 2.06. The quantitative estimate of drug-likeness (QED) is 0.905. The third-order valence-corrected chi connectivity index (χ3v) is 3.71. The highest BCUT2D eigenvalue weighted by Gasteiger charge is 2.21. The van der Waals surface area contributed by atoms with Gasteiger partial charge in [0.25, 0.3) is 0 Å². The van der Waals surface area contributed by atoms with E-state index in [-0.39, 0.29) is 5.75 Å². The lowest BCUT2D eigenvalue weighted by molar-refractivity contribution is 0.234. The molecule has 0 aliphatic heterocycles. The van der Waals surface area contributed by atoms with Crippen LogP contribution in [0.5, 0.6) is 5.75 Å². The van der Waals surface area contributed by atoms with Crippen molar-refractivity contribution in [2.24, 2.45) is 0 Å². The highest BCUT2D eigenvalue weighted by atomic mass is 16.3. The van der Waals surface area contributed by atoms with E-state index in [1.807, 2.05) is 12.1 Å². The number of aromatic hydroxyl groups is 1. The molecule has 2 aromatic rings. The largest absolute Gasteiger partial charge is 0.507 e. The molecule has 1 unspecified atom stereocenters. The van der Waals surface area contributed by atoms with Crippen LogP contribution in [-0.4, -0.2) is 36.5 Å². The number of benzene rings is 1. The van der Waals surface area contributed by atoms with Gasteiger partial charge in [-0.15, -0.1) is 15.0 Å². The Kier molecular flexibility index (Phi) is 3.77. The third kappa shape index (κ3) is 2.65. The summed E-state index contributed by atoms with van der Waals surface area (Å²) in [6.07, 6.45) is 4.69. The van der Waals surface area contributed by atoms with Crippen LogP contribution in [0.25, 0.3) is 11.3 Å². The van der Waals surface area contributed by atoms with Crippen molar-refractivity contribution in [1.29, 1.82) is 0 Å². The Morgan fingerprint density at radius 2 is 2.23 bits per heavy atom. The van der Waals surface area contributed by atoms with Gasteiger partial charge in [0.1, 0.15) is 5.75 Å². The molecule has 0 amide bonds. The molecule has 2 N–H and O–H groups in total. The molecule has 0 saturated heterocycles. The Labute approximate surface area is 128 Å². The first-order chi connectivity index (χ1) is 10.6. The van der Waals surface area contributed by atoms with E-state index in [0.29, 0.717) is 29.2 Å². The smallest absolute Gasteiger partial charge is 0.162 e. The number of aliphatic hydroxyl groups is 1. The van der Waals surface area contributed by atoms with E-state index < -0.39 is 6.10 Å². The molecular formula is C16H17N4O2. The summed E-state index contributed by atoms with van der Waals surface area (Å²) in [5.41, 5.74) is 2.98. The van der Waals surface area contributed by atoms with Crippen molar-refractivity contribution in [3.05, 3.63) is 47.8 Å². The Morgan fingerprint density at radius 1 is 1.41 bits per heavy atom. The second-order valence-electron chi connectivity index (χ2n) is 5.56. The number of tetrazole rings is 1. The molecule has 3 rings (SSSR count). The van der Waals surface area contributed by atoms with Crippen molar-refractivity contribution in [1.82, 2.24) is 20.2 Å². The Hall–Kier alpha value is -2.47. The summed E-state index contributed by atoms with van der Waals surface area (Å²) in [7, 11) is 0. The highest BCUT2D eigenvalue weighted by Crippen LogP contribution is 2.34. The van der Waals surface area contributed by atoms with Crippen LogP contribution < -0.4 is 0 Å². The average Bonchev–Trinajstić information content (AvgIpc) is 3.02. The SMILES string of the molecule is CC(C)c1c[c]c(O)c(C2=CC(n3ncnn3)=CCC2O)c1. The second-order valence-corrected chi connectivity index (χ2v) is 5.56. The van der Waals surface area contributed by atoms with E-state index in [2.05, 4.69) is 35.3 Å². The normalized spacial score (nSPS) is 18.3. The predicted octanol–water partition coefficient (Wildman–Crippen LogP) is 1.99. The van der Waals surface area contributed by atoms with Gasteiger partial charge in [-0.1, -0.05) is 19.9 Å². The van der Waals surface area contributed by atoms with Crippen molar-refractivity contribution >= 4 is 11.3 Å². The minimum Gasteiger partial charge on any atom is -0.507 e. The zero-order valence-corrected chi connectivity index (χ0v) is 12.4. The van der Waals surface area contributed by atoms with Crippen LogP contribution >= 0.6 is 0 Å². The van der Waals surface area contributed by atoms with Gasteiger partial charge < -0.3 is 10.2 Å². The molecule has 6 heteroatoms. The average molecular weight is 297 g/mol. The van der Waals surface area contributed by atoms with Crippen LogP contribution in [0, 0.1) is 6.07 Å². The lowest BCUT2D eigenvalue weighted by atomic mass is 9.90. The van der Waals surface area contributed by atoms with Gasteiger partial charge in [-0.3, -0.25) is 0 Å². The maximum atomic E-state index is 10.3. The molecule has 1 aliphatic rings. The van der Waals surface area contributed by atoms with Crippen LogP contribution in [-0.2, 0) is 0 Å². The van der Waals surface area contributed by atoms with Crippen molar-refractivity contribution in [2.45, 2.75) is 32.3 Å². The fourth-order valence-electron chi connectivity index (χ4n) is 2.42. The monoisotopic (exact) mass is 297 g/mol. The maximum Gasteiger partial charge on any atom is 0.162 e. The van der Waals surface area contributed by atoms with Crippen LogP contribution in [0.3, 0.4) is 0 Å². The molecule has 6 nitrogen and oxygen atoms in total. The summed E-state index contributed by atoms with van der Waals surface area (Å²) >= 11 is 0. The zero-order chi connectivity index (χ0) is 15.7. The minimum atomic E-state index is -0.686. The second kappa shape index (κ2) is 5.73. The van der Waals surface area contributed by atoms with Crippen LogP contribution in [0.1, 0.15) is 37.3 Å². The van der Waals surface area contributed by atoms with E-state index in [0.717, 1.165) is 5.56 Å². The first-order valence-corrected chi connectivity index (χ1v) is 7.14. The number of phenols is 1. The maximum absolute atomic E-state index is 10.3. The number of hydrogen-bond acceptors (Lipinski definition) is 5. The van der Waals surface area contributed by atoms with Gasteiger partial charge in [-0.05, 0) is 46.9 Å². The van der Waals surface area contributed by atoms with Gasteiger partial charge in [0.15, 0.2) is 6.33 Å². The first kappa shape index (κ1) is 14.5. The number of rotatable bonds is 3. The summed E-state index contributed by atoms with van der Waals surface area (Å²) in [6.45, 7) is 4.14. The molecule has 1 atom stereocenters. The van der Waals surface area contributed by atoms with E-state index in [1.165, 1.54) is 11.1 Å². The molecule has 0 spiro atoms. The summed E-state index contributed by atoms with van der Waals surface area (Å²) in [4.78, 5) is 1.39. The van der Waals surface area contributed by atoms with Gasteiger partial charge in [0.05, 0.1) is 11.8 Å². The summed E-state index contributed by atoms with van der Waals surface area (Å²) in [5.74, 6) is 0.339. The molecule has 1 aromatic carbocycles. The van der Waals surface area contributed by atoms with Crippen LogP contribution in [0.15, 0.2) is 30.6 Å². The number of aliphatic hydroxyl groups excluding tert-OH is 1. The highest BCUT2D eigenvalue weighted by molar-refractivity contribution is 5.82. The molecule has 1 radical (unpaired) electrons. The molecule has 0 fully saturated rings. The fourth-order valence-corrected chi connectivity index (χ4v) is 2.42. The van der Waals surface area contributed by atoms with Crippen LogP contribution in [0.2, 0.25) is 0 Å². The number of allylic oxidation sites excluding steroid dienone is 2. The molecule has 1 aromatic heterocycles. The number of hydrogen-bond donors (Lipinski definition) is 2. The number of phenolic OH excluding ortho intramolecular Hbond substituents is 1. The summed E-state index contributed by atoms with van der Waals surface area (Å²) in [5, 5.41) is 31.9. The zero-order valence-electron chi connectivity index (χ0n) is 12.4. The Bertz CT molecular complexity index is 733. The van der Waals surface area contributed by atoms with Crippen molar-refractivity contribution in [2.75, 3.05) is 0 Å². The van der Waals surface area contributed by atoms with Gasteiger partial charge in [-0.25, -0.2) is 0 Å². The van der Waals surface area contributed by atoms with Gasteiger partial charge >= 0.3 is 0 Å². The van der Waals surface area contributed by atoms with Gasteiger partial charge in [0, 0.05) is 11.6 Å². The molecule has 0 bridgehead atoms. The third-order valence-electron chi connectivity index (χ3n) is 3.71. The van der Waals surface area contributed by atoms with Crippen molar-refractivity contribution < 1.29 is 10.2 Å². The minimum absolute atomic E-state index is 0.0301. The lowest BCUT2D eigenvalue weighted by Gasteiger charge is -2.21. The van der Waals surface area contributed by atoms with E-state index >= 15 is 0 Å². The summed E-state index contributed by atoms with van der Waals surface area (Å²) in [6, 6.07) is 6.52. The molecule has 0 saturated carbocycles. The number of nitrogens with zero attached hydrogens (tertiary/aromatic N) is 4. The van der Waals surface area contributed by atoms with Crippen LogP contribution in [0.4, 0.5) is 0 Å². The fraction of sp³-hybridized carbons (Fsp3) is 0.312. The first-order valence-electron chi connectivity index (χ1n) is 7.14. The standard InChI is InChI=1S/C16H17N4O2/c1-10(2)11-3-5-15(21)13(7-11)14-8-12(4-6-16(14)22)20-18-9-17-19-20/h3-4,7-10,16,21-22H,6H2,1-2H3. The van der Waals surface area contributed by atoms with Crippen molar-refractivity contribution in [3.63, 3.8) is 0 Å². The Morgan fingerprint density at radius 3 is 2.91 bits per heavy atom. The molecule has 1 aliphatic carbocycles. The van der Waals surface area contributed by atoms with Gasteiger partial charge in [0.2, 0.25) is 0 Å². The van der Waals surface area contributed by atoms with E-state index in [1.54, 1.807) is 12.1 Å². The number of aromatic nitrogens is 4. The van der Waals surface area contributed by atoms with E-state index in [9.17, 15) is 10.2 Å². The predicted molar refractivity (Wildman–Crippen MR) is 81.7 cm³/mol. The lowest BCUT2D eigenvalue weighted by Crippen LogP contribution is -2.15. The molecule has 113 valence electrons. The van der Waals surface area contributed by atoms with Crippen molar-refractivity contribution in [3.8, 4) is 5.75 Å². The topological polar surface area (TPSA) is 84.1 Å². The van der Waals surface area contributed by atoms with E-state index in [4.69, 9.17) is 0 Å². The summed E-state index contributed by atoms with van der Waals surface area (Å²) < 4.78 is 0.